The molecule has 1 aliphatic heterocycles. The number of hydrogen-bond acceptors (Lipinski definition) is 6. The third-order valence-corrected chi connectivity index (χ3v) is 5.26. The number of sulfonamides is 1. The van der Waals surface area contributed by atoms with Gasteiger partial charge in [-0.25, -0.2) is 22.3 Å². The largest absolute Gasteiger partial charge is 0.475 e. The highest BCUT2D eigenvalue weighted by Gasteiger charge is 2.35. The van der Waals surface area contributed by atoms with E-state index in [4.69, 9.17) is 9.47 Å². The first-order valence-electron chi connectivity index (χ1n) is 9.04. The van der Waals surface area contributed by atoms with Crippen LogP contribution in [0.2, 0.25) is 0 Å². The number of halogens is 1. The van der Waals surface area contributed by atoms with Gasteiger partial charge in [-0.05, 0) is 29.8 Å². The molecular weight excluding hydrogens is 415 g/mol. The second-order valence-electron chi connectivity index (χ2n) is 6.80. The van der Waals surface area contributed by atoms with E-state index in [1.165, 1.54) is 36.3 Å². The molecule has 0 bridgehead atoms. The average Bonchev–Trinajstić information content (AvgIpc) is 2.71. The molecule has 2 atom stereocenters. The number of nitrogens with zero attached hydrogens (tertiary/aromatic N) is 1. The van der Waals surface area contributed by atoms with Gasteiger partial charge in [0.05, 0.1) is 31.6 Å². The monoisotopic (exact) mass is 436 g/mol. The summed E-state index contributed by atoms with van der Waals surface area (Å²) in [6.45, 7) is -0.0858. The Hall–Kier alpha value is -2.98. The maximum absolute atomic E-state index is 13.3. The van der Waals surface area contributed by atoms with Crippen molar-refractivity contribution >= 4 is 27.6 Å². The zero-order valence-electron chi connectivity index (χ0n) is 16.4. The Morgan fingerprint density at radius 1 is 1.23 bits per heavy atom. The summed E-state index contributed by atoms with van der Waals surface area (Å²) in [7, 11) is -2.44. The lowest BCUT2D eigenvalue weighted by atomic mass is 10.0. The normalized spacial score (nSPS) is 16.9. The minimum absolute atomic E-state index is 0.0858. The van der Waals surface area contributed by atoms with E-state index in [0.717, 1.165) is 6.26 Å². The number of esters is 1. The van der Waals surface area contributed by atoms with Crippen molar-refractivity contribution in [2.75, 3.05) is 24.8 Å². The number of para-hydroxylation sites is 2. The molecule has 1 aliphatic rings. The molecule has 2 aromatic rings. The number of rotatable bonds is 6. The Labute approximate surface area is 173 Å². The van der Waals surface area contributed by atoms with Gasteiger partial charge < -0.3 is 14.4 Å². The highest BCUT2D eigenvalue weighted by atomic mass is 32.2. The van der Waals surface area contributed by atoms with Crippen LogP contribution in [0.4, 0.5) is 10.1 Å². The predicted molar refractivity (Wildman–Crippen MR) is 107 cm³/mol. The second kappa shape index (κ2) is 8.80. The zero-order valence-corrected chi connectivity index (χ0v) is 17.2. The number of hydrogen-bond donors (Lipinski definition) is 1. The third kappa shape index (κ3) is 5.14. The van der Waals surface area contributed by atoms with E-state index in [0.29, 0.717) is 17.0 Å². The first-order chi connectivity index (χ1) is 14.2. The molecule has 2 aromatic carbocycles. The van der Waals surface area contributed by atoms with Crippen LogP contribution in [0.5, 0.6) is 5.75 Å². The Morgan fingerprint density at radius 3 is 2.53 bits per heavy atom. The number of nitrogens with one attached hydrogen (secondary N) is 1. The number of carbonyl (C=O) groups excluding carboxylic acids is 2. The van der Waals surface area contributed by atoms with Gasteiger partial charge in [-0.3, -0.25) is 4.79 Å². The summed E-state index contributed by atoms with van der Waals surface area (Å²) in [6, 6.07) is 11.0. The number of anilines is 1. The van der Waals surface area contributed by atoms with Crippen molar-refractivity contribution in [3.8, 4) is 5.75 Å². The van der Waals surface area contributed by atoms with E-state index in [1.807, 2.05) is 0 Å². The Bertz CT molecular complexity index is 1040. The minimum Gasteiger partial charge on any atom is -0.475 e. The lowest BCUT2D eigenvalue weighted by Crippen LogP contribution is -2.48. The first kappa shape index (κ1) is 21.7. The molecule has 0 fully saturated rings. The topological polar surface area (TPSA) is 102 Å². The summed E-state index contributed by atoms with van der Waals surface area (Å²) in [4.78, 5) is 26.5. The van der Waals surface area contributed by atoms with Gasteiger partial charge >= 0.3 is 5.97 Å². The highest BCUT2D eigenvalue weighted by molar-refractivity contribution is 7.88. The van der Waals surface area contributed by atoms with Crippen LogP contribution in [0.25, 0.3) is 0 Å². The summed E-state index contributed by atoms with van der Waals surface area (Å²) in [5, 5.41) is 0. The fourth-order valence-corrected chi connectivity index (χ4v) is 3.93. The van der Waals surface area contributed by atoms with Crippen molar-refractivity contribution in [2.45, 2.75) is 18.6 Å². The SMILES string of the molecule is COC(=O)[C@@H]1CN(C(=O)C[C@H](NS(C)(=O)=O)c2ccc(F)cc2)c2ccccc2O1. The molecule has 1 amide bonds. The van der Waals surface area contributed by atoms with Crippen LogP contribution in [-0.4, -0.2) is 46.3 Å². The molecule has 0 spiro atoms. The molecule has 8 nitrogen and oxygen atoms in total. The lowest BCUT2D eigenvalue weighted by molar-refractivity contribution is -0.148. The maximum atomic E-state index is 13.3. The van der Waals surface area contributed by atoms with E-state index < -0.39 is 39.9 Å². The van der Waals surface area contributed by atoms with E-state index in [1.54, 1.807) is 24.3 Å². The summed E-state index contributed by atoms with van der Waals surface area (Å²) < 4.78 is 49.7. The quantitative estimate of drug-likeness (QED) is 0.693. The van der Waals surface area contributed by atoms with Crippen molar-refractivity contribution < 1.29 is 31.9 Å². The Kier molecular flexibility index (Phi) is 6.37. The average molecular weight is 436 g/mol. The molecule has 3 rings (SSSR count). The Balaban J connectivity index is 1.90. The van der Waals surface area contributed by atoms with Crippen LogP contribution in [0.1, 0.15) is 18.0 Å². The van der Waals surface area contributed by atoms with Gasteiger partial charge in [0.1, 0.15) is 11.6 Å². The summed E-state index contributed by atoms with van der Waals surface area (Å²) in [5.74, 6) is -1.22. The molecule has 0 unspecified atom stereocenters. The lowest BCUT2D eigenvalue weighted by Gasteiger charge is -2.34. The number of methoxy groups -OCH3 is 1. The molecule has 0 radical (unpaired) electrons. The standard InChI is InChI=1S/C20H21FN2O6S/c1-28-20(25)18-12-23(16-5-3-4-6-17(16)29-18)19(24)11-15(22-30(2,26)27)13-7-9-14(21)10-8-13/h3-10,15,18,22H,11-12H2,1-2H3/t15-,18-/m0/s1. The number of carbonyl (C=O) groups is 2. The highest BCUT2D eigenvalue weighted by Crippen LogP contribution is 2.34. The van der Waals surface area contributed by atoms with Crippen LogP contribution >= 0.6 is 0 Å². The number of benzene rings is 2. The fourth-order valence-electron chi connectivity index (χ4n) is 3.19. The molecule has 10 heteroatoms. The van der Waals surface area contributed by atoms with Crippen molar-refractivity contribution in [3.63, 3.8) is 0 Å². The van der Waals surface area contributed by atoms with Crippen LogP contribution in [0, 0.1) is 5.82 Å². The first-order valence-corrected chi connectivity index (χ1v) is 10.9. The Morgan fingerprint density at radius 2 is 1.90 bits per heavy atom. The van der Waals surface area contributed by atoms with Crippen molar-refractivity contribution in [1.82, 2.24) is 4.72 Å². The number of fused-ring (bicyclic) bond motifs is 1. The van der Waals surface area contributed by atoms with Crippen molar-refractivity contribution in [3.05, 3.63) is 59.9 Å². The smallest absolute Gasteiger partial charge is 0.348 e. The van der Waals surface area contributed by atoms with Crippen LogP contribution in [0.3, 0.4) is 0 Å². The van der Waals surface area contributed by atoms with E-state index >= 15 is 0 Å². The van der Waals surface area contributed by atoms with Crippen LogP contribution < -0.4 is 14.4 Å². The number of ether oxygens (including phenoxy) is 2. The van der Waals surface area contributed by atoms with Gasteiger partial charge in [-0.15, -0.1) is 0 Å². The van der Waals surface area contributed by atoms with Gasteiger partial charge in [0.2, 0.25) is 22.0 Å². The molecule has 0 aliphatic carbocycles. The predicted octanol–water partition coefficient (Wildman–Crippen LogP) is 1.77. The van der Waals surface area contributed by atoms with Crippen LogP contribution in [-0.2, 0) is 24.3 Å². The van der Waals surface area contributed by atoms with E-state index in [9.17, 15) is 22.4 Å². The van der Waals surface area contributed by atoms with Gasteiger partial charge in [0.25, 0.3) is 0 Å². The van der Waals surface area contributed by atoms with E-state index in [-0.39, 0.29) is 13.0 Å². The summed E-state index contributed by atoms with van der Waals surface area (Å²) >= 11 is 0. The molecule has 0 saturated carbocycles. The van der Waals surface area contributed by atoms with Crippen molar-refractivity contribution in [1.29, 1.82) is 0 Å². The molecule has 1 N–H and O–H groups in total. The van der Waals surface area contributed by atoms with Gasteiger partial charge in [-0.1, -0.05) is 24.3 Å². The van der Waals surface area contributed by atoms with Crippen molar-refractivity contribution in [2.24, 2.45) is 0 Å². The van der Waals surface area contributed by atoms with E-state index in [2.05, 4.69) is 4.72 Å². The summed E-state index contributed by atoms with van der Waals surface area (Å²) in [5.41, 5.74) is 0.890. The molecule has 0 saturated heterocycles. The zero-order chi connectivity index (χ0) is 21.9. The van der Waals surface area contributed by atoms with Gasteiger partial charge in [-0.2, -0.15) is 0 Å². The van der Waals surface area contributed by atoms with Gasteiger partial charge in [0.15, 0.2) is 0 Å². The third-order valence-electron chi connectivity index (χ3n) is 4.55. The molecule has 160 valence electrons. The van der Waals surface area contributed by atoms with Crippen LogP contribution in [0.15, 0.2) is 48.5 Å². The molecule has 30 heavy (non-hydrogen) atoms. The number of amides is 1. The van der Waals surface area contributed by atoms with Gasteiger partial charge in [0, 0.05) is 6.42 Å². The summed E-state index contributed by atoms with van der Waals surface area (Å²) in [6.07, 6.45) is -0.285. The molecule has 0 aromatic heterocycles. The molecular formula is C20H21FN2O6S. The fraction of sp³-hybridized carbons (Fsp3) is 0.300. The minimum atomic E-state index is -3.66. The molecule has 1 heterocycles. The second-order valence-corrected chi connectivity index (χ2v) is 8.58. The maximum Gasteiger partial charge on any atom is 0.348 e.